The van der Waals surface area contributed by atoms with E-state index in [1.807, 2.05) is 18.3 Å². The van der Waals surface area contributed by atoms with E-state index in [9.17, 15) is 8.42 Å². The third-order valence-corrected chi connectivity index (χ3v) is 6.60. The molecule has 1 aliphatic rings. The molecule has 5 rings (SSSR count). The number of rotatable bonds is 3. The Balaban J connectivity index is 1.69. The fourth-order valence-electron chi connectivity index (χ4n) is 3.18. The molecule has 0 saturated carbocycles. The van der Waals surface area contributed by atoms with E-state index < -0.39 is 10.0 Å². The van der Waals surface area contributed by atoms with Crippen LogP contribution in [0.5, 0.6) is 0 Å². The first-order valence-electron chi connectivity index (χ1n) is 8.33. The van der Waals surface area contributed by atoms with Crippen LogP contribution in [-0.4, -0.2) is 50.6 Å². The molecular formula is C17H14BrN7O2S. The largest absolute Gasteiger partial charge is 0.318 e. The maximum absolute atomic E-state index is 13.3. The second-order valence-electron chi connectivity index (χ2n) is 6.39. The van der Waals surface area contributed by atoms with Crippen molar-refractivity contribution in [1.82, 2.24) is 34.0 Å². The van der Waals surface area contributed by atoms with Crippen LogP contribution in [0.2, 0.25) is 0 Å². The molecule has 0 aliphatic carbocycles. The highest BCUT2D eigenvalue weighted by molar-refractivity contribution is 9.10. The molecule has 0 unspecified atom stereocenters. The number of hydrazine groups is 1. The van der Waals surface area contributed by atoms with Crippen molar-refractivity contribution >= 4 is 48.2 Å². The third kappa shape index (κ3) is 2.62. The SMILES string of the molecule is CN1C=C(c2cnc3cnn(S(=O)(=O)c4cnc5ccc(Br)cn45)c3c2)CN1. The molecule has 142 valence electrons. The van der Waals surface area contributed by atoms with E-state index >= 15 is 0 Å². The molecule has 4 aromatic rings. The quantitative estimate of drug-likeness (QED) is 0.499. The Morgan fingerprint density at radius 1 is 1.18 bits per heavy atom. The number of halogens is 1. The first-order chi connectivity index (χ1) is 13.4. The first-order valence-corrected chi connectivity index (χ1v) is 10.6. The molecule has 1 aliphatic heterocycles. The van der Waals surface area contributed by atoms with Gasteiger partial charge in [-0.1, -0.05) is 0 Å². The Labute approximate surface area is 168 Å². The van der Waals surface area contributed by atoms with Gasteiger partial charge in [-0.15, -0.1) is 0 Å². The Hall–Kier alpha value is -2.76. The van der Waals surface area contributed by atoms with Gasteiger partial charge in [0.05, 0.1) is 12.4 Å². The van der Waals surface area contributed by atoms with Crippen LogP contribution in [0.1, 0.15) is 5.56 Å². The van der Waals surface area contributed by atoms with E-state index in [1.165, 1.54) is 16.8 Å². The average molecular weight is 460 g/mol. The molecule has 0 fully saturated rings. The summed E-state index contributed by atoms with van der Waals surface area (Å²) in [5.74, 6) is 0. The minimum atomic E-state index is -3.97. The van der Waals surface area contributed by atoms with E-state index in [-0.39, 0.29) is 5.03 Å². The summed E-state index contributed by atoms with van der Waals surface area (Å²) in [4.78, 5) is 8.57. The molecule has 0 amide bonds. The molecular weight excluding hydrogens is 446 g/mol. The Kier molecular flexibility index (Phi) is 3.79. The lowest BCUT2D eigenvalue weighted by molar-refractivity contribution is 0.374. The number of fused-ring (bicyclic) bond motifs is 2. The van der Waals surface area contributed by atoms with Crippen LogP contribution in [-0.2, 0) is 10.0 Å². The molecule has 0 aromatic carbocycles. The Bertz CT molecular complexity index is 1370. The Morgan fingerprint density at radius 2 is 2.04 bits per heavy atom. The zero-order chi connectivity index (χ0) is 19.5. The number of hydrogen-bond acceptors (Lipinski definition) is 7. The van der Waals surface area contributed by atoms with Gasteiger partial charge in [0, 0.05) is 42.2 Å². The summed E-state index contributed by atoms with van der Waals surface area (Å²) >= 11 is 3.37. The van der Waals surface area contributed by atoms with Gasteiger partial charge in [0.2, 0.25) is 0 Å². The number of hydrogen-bond donors (Lipinski definition) is 1. The van der Waals surface area contributed by atoms with Gasteiger partial charge in [0.25, 0.3) is 0 Å². The molecule has 0 spiro atoms. The minimum absolute atomic E-state index is 0.0284. The molecule has 9 nitrogen and oxygen atoms in total. The van der Waals surface area contributed by atoms with Gasteiger partial charge >= 0.3 is 10.0 Å². The number of aromatic nitrogens is 5. The van der Waals surface area contributed by atoms with Crippen molar-refractivity contribution in [3.8, 4) is 0 Å². The zero-order valence-electron chi connectivity index (χ0n) is 14.6. The predicted molar refractivity (Wildman–Crippen MR) is 107 cm³/mol. The number of nitrogens with zero attached hydrogens (tertiary/aromatic N) is 6. The van der Waals surface area contributed by atoms with E-state index in [2.05, 4.69) is 36.4 Å². The Morgan fingerprint density at radius 3 is 2.82 bits per heavy atom. The standard InChI is InChI=1S/C17H14BrN7O2S/c1-23-9-12(6-21-23)11-4-15-14(19-5-11)7-22-25(15)28(26,27)17-8-20-16-3-2-13(18)10-24(16)17/h2-5,7-10,21H,6H2,1H3. The molecule has 1 N–H and O–H groups in total. The predicted octanol–water partition coefficient (Wildman–Crippen LogP) is 1.87. The monoisotopic (exact) mass is 459 g/mol. The molecule has 28 heavy (non-hydrogen) atoms. The highest BCUT2D eigenvalue weighted by Gasteiger charge is 2.25. The van der Waals surface area contributed by atoms with Gasteiger partial charge in [0.15, 0.2) is 5.03 Å². The molecule has 0 atom stereocenters. The first kappa shape index (κ1) is 17.3. The summed E-state index contributed by atoms with van der Waals surface area (Å²) < 4.78 is 30.0. The average Bonchev–Trinajstić information content (AvgIpc) is 3.38. The van der Waals surface area contributed by atoms with Gasteiger partial charge in [-0.2, -0.15) is 17.6 Å². The fourth-order valence-corrected chi connectivity index (χ4v) is 4.85. The van der Waals surface area contributed by atoms with Crippen molar-refractivity contribution in [2.45, 2.75) is 5.03 Å². The van der Waals surface area contributed by atoms with Crippen LogP contribution in [0.3, 0.4) is 0 Å². The summed E-state index contributed by atoms with van der Waals surface area (Å²) in [6, 6.07) is 5.33. The molecule has 0 saturated heterocycles. The normalized spacial score (nSPS) is 14.9. The van der Waals surface area contributed by atoms with Crippen molar-refractivity contribution in [3.05, 3.63) is 59.2 Å². The van der Waals surface area contributed by atoms with Crippen molar-refractivity contribution in [1.29, 1.82) is 0 Å². The lowest BCUT2D eigenvalue weighted by Gasteiger charge is -2.07. The molecule has 0 bridgehead atoms. The second-order valence-corrected chi connectivity index (χ2v) is 9.02. The molecule has 5 heterocycles. The lowest BCUT2D eigenvalue weighted by Crippen LogP contribution is -2.23. The van der Waals surface area contributed by atoms with E-state index in [0.717, 1.165) is 19.7 Å². The van der Waals surface area contributed by atoms with Crippen LogP contribution in [0.4, 0.5) is 0 Å². The lowest BCUT2D eigenvalue weighted by atomic mass is 10.1. The summed E-state index contributed by atoms with van der Waals surface area (Å²) in [6.45, 7) is 0.645. The third-order valence-electron chi connectivity index (χ3n) is 4.56. The topological polar surface area (TPSA) is 97.4 Å². The van der Waals surface area contributed by atoms with Gasteiger partial charge in [-0.3, -0.25) is 9.38 Å². The van der Waals surface area contributed by atoms with E-state index in [1.54, 1.807) is 30.6 Å². The minimum Gasteiger partial charge on any atom is -0.318 e. The van der Waals surface area contributed by atoms with Crippen molar-refractivity contribution in [2.75, 3.05) is 13.6 Å². The van der Waals surface area contributed by atoms with Crippen LogP contribution in [0, 0.1) is 0 Å². The fraction of sp³-hybridized carbons (Fsp3) is 0.118. The maximum atomic E-state index is 13.3. The van der Waals surface area contributed by atoms with Gasteiger partial charge in [-0.25, -0.2) is 10.4 Å². The van der Waals surface area contributed by atoms with Gasteiger partial charge < -0.3 is 5.01 Å². The van der Waals surface area contributed by atoms with E-state index in [0.29, 0.717) is 23.2 Å². The van der Waals surface area contributed by atoms with Crippen LogP contribution in [0.15, 0.2) is 58.7 Å². The zero-order valence-corrected chi connectivity index (χ0v) is 17.0. The summed E-state index contributed by atoms with van der Waals surface area (Å²) in [5.41, 5.74) is 6.46. The highest BCUT2D eigenvalue weighted by atomic mass is 79.9. The number of pyridine rings is 2. The summed E-state index contributed by atoms with van der Waals surface area (Å²) in [7, 11) is -2.07. The van der Waals surface area contributed by atoms with Gasteiger partial charge in [-0.05, 0) is 39.7 Å². The van der Waals surface area contributed by atoms with Gasteiger partial charge in [0.1, 0.15) is 16.7 Å². The van der Waals surface area contributed by atoms with Crippen molar-refractivity contribution in [3.63, 3.8) is 0 Å². The molecule has 11 heteroatoms. The number of nitrogens with one attached hydrogen (secondary N) is 1. The second kappa shape index (κ2) is 6.12. The van der Waals surface area contributed by atoms with Crippen LogP contribution in [0.25, 0.3) is 22.3 Å². The summed E-state index contributed by atoms with van der Waals surface area (Å²) in [5, 5.41) is 5.98. The molecule has 0 radical (unpaired) electrons. The summed E-state index contributed by atoms with van der Waals surface area (Å²) in [6.07, 6.45) is 8.11. The smallest absolute Gasteiger partial charge is 0.301 e. The number of imidazole rings is 1. The maximum Gasteiger partial charge on any atom is 0.301 e. The van der Waals surface area contributed by atoms with Crippen LogP contribution >= 0.6 is 15.9 Å². The molecule has 4 aromatic heterocycles. The van der Waals surface area contributed by atoms with Crippen molar-refractivity contribution < 1.29 is 8.42 Å². The van der Waals surface area contributed by atoms with Crippen molar-refractivity contribution in [2.24, 2.45) is 0 Å². The highest BCUT2D eigenvalue weighted by Crippen LogP contribution is 2.25. The van der Waals surface area contributed by atoms with Crippen LogP contribution < -0.4 is 5.43 Å². The van der Waals surface area contributed by atoms with E-state index in [4.69, 9.17) is 0 Å².